The molecule has 486 valence electrons. The summed E-state index contributed by atoms with van der Waals surface area (Å²) in [6.45, 7) is 6.68. The standard InChI is InChI=1S/C77H142O6/c1-4-7-10-13-16-19-22-25-28-31-34-35-36-37-38-39-40-41-44-46-49-52-55-58-61-64-67-70-76(79)82-73-74(83-77(80)71-68-65-62-59-56-53-50-47-43-33-30-27-24-21-18-15-12-9-6-3)72-81-75(78)69-66-63-60-57-54-51-48-45-42-32-29-26-23-20-17-14-11-8-5-2/h18,21,26-27,29-30,43,47,74H,4-17,19-20,22-25,28,31-42,44-46,48-73H2,1-3H3/b21-18-,29-26-,30-27-,47-43-. The van der Waals surface area contributed by atoms with Crippen LogP contribution in [0.4, 0.5) is 0 Å². The minimum Gasteiger partial charge on any atom is -0.462 e. The normalized spacial score (nSPS) is 12.3. The van der Waals surface area contributed by atoms with Gasteiger partial charge in [0.2, 0.25) is 0 Å². The smallest absolute Gasteiger partial charge is 0.306 e. The summed E-state index contributed by atoms with van der Waals surface area (Å²) in [7, 11) is 0. The molecule has 0 radical (unpaired) electrons. The van der Waals surface area contributed by atoms with E-state index < -0.39 is 6.10 Å². The van der Waals surface area contributed by atoms with Crippen LogP contribution in [0, 0.1) is 0 Å². The number of hydrogen-bond acceptors (Lipinski definition) is 6. The molecule has 0 saturated heterocycles. The molecule has 0 fully saturated rings. The Morgan fingerprint density at radius 2 is 0.434 bits per heavy atom. The molecule has 0 bridgehead atoms. The molecule has 0 spiro atoms. The van der Waals surface area contributed by atoms with Crippen LogP contribution in [-0.2, 0) is 28.6 Å². The lowest BCUT2D eigenvalue weighted by molar-refractivity contribution is -0.167. The van der Waals surface area contributed by atoms with Crippen LogP contribution in [0.3, 0.4) is 0 Å². The third-order valence-corrected chi connectivity index (χ3v) is 16.8. The van der Waals surface area contributed by atoms with Crippen molar-refractivity contribution >= 4 is 17.9 Å². The van der Waals surface area contributed by atoms with Crippen LogP contribution >= 0.6 is 0 Å². The molecule has 6 heteroatoms. The maximum Gasteiger partial charge on any atom is 0.306 e. The van der Waals surface area contributed by atoms with Crippen LogP contribution in [-0.4, -0.2) is 37.2 Å². The first kappa shape index (κ1) is 80.4. The lowest BCUT2D eigenvalue weighted by Gasteiger charge is -2.18. The van der Waals surface area contributed by atoms with Crippen LogP contribution < -0.4 is 0 Å². The molecule has 0 N–H and O–H groups in total. The molecule has 0 aromatic rings. The Balaban J connectivity index is 4.29. The van der Waals surface area contributed by atoms with E-state index >= 15 is 0 Å². The number of rotatable bonds is 69. The summed E-state index contributed by atoms with van der Waals surface area (Å²) in [5.74, 6) is -0.861. The molecule has 1 atom stereocenters. The lowest BCUT2D eigenvalue weighted by atomic mass is 10.0. The zero-order valence-corrected chi connectivity index (χ0v) is 56.0. The molecular weight excluding hydrogens is 1020 g/mol. The van der Waals surface area contributed by atoms with Crippen LogP contribution in [0.25, 0.3) is 0 Å². The predicted octanol–water partition coefficient (Wildman–Crippen LogP) is 25.7. The number of allylic oxidation sites excluding steroid dienone is 8. The maximum atomic E-state index is 13.0. The predicted molar refractivity (Wildman–Crippen MR) is 362 cm³/mol. The second-order valence-electron chi connectivity index (χ2n) is 25.2. The Hall–Kier alpha value is -2.63. The maximum absolute atomic E-state index is 13.0. The van der Waals surface area contributed by atoms with Gasteiger partial charge in [-0.15, -0.1) is 0 Å². The van der Waals surface area contributed by atoms with Crippen molar-refractivity contribution in [3.63, 3.8) is 0 Å². The Morgan fingerprint density at radius 3 is 0.711 bits per heavy atom. The van der Waals surface area contributed by atoms with Gasteiger partial charge >= 0.3 is 17.9 Å². The van der Waals surface area contributed by atoms with Gasteiger partial charge in [0.15, 0.2) is 6.10 Å². The summed E-state index contributed by atoms with van der Waals surface area (Å²) < 4.78 is 17.0. The molecule has 83 heavy (non-hydrogen) atoms. The fraction of sp³-hybridized carbons (Fsp3) is 0.857. The number of unbranched alkanes of at least 4 members (excludes halogenated alkanes) is 50. The second kappa shape index (κ2) is 71.8. The molecule has 0 aliphatic heterocycles. The minimum atomic E-state index is -0.781. The monoisotopic (exact) mass is 1160 g/mol. The van der Waals surface area contributed by atoms with Gasteiger partial charge in [-0.2, -0.15) is 0 Å². The van der Waals surface area contributed by atoms with E-state index in [0.29, 0.717) is 19.3 Å². The molecule has 0 aromatic heterocycles. The van der Waals surface area contributed by atoms with E-state index in [2.05, 4.69) is 69.4 Å². The average molecular weight is 1160 g/mol. The molecule has 0 aromatic carbocycles. The molecule has 0 heterocycles. The summed E-state index contributed by atoms with van der Waals surface area (Å²) >= 11 is 0. The van der Waals surface area contributed by atoms with E-state index in [1.54, 1.807) is 0 Å². The zero-order chi connectivity index (χ0) is 59.9. The van der Waals surface area contributed by atoms with E-state index in [1.165, 1.54) is 289 Å². The second-order valence-corrected chi connectivity index (χ2v) is 25.2. The third kappa shape index (κ3) is 70.0. The lowest BCUT2D eigenvalue weighted by Crippen LogP contribution is -2.30. The van der Waals surface area contributed by atoms with Gasteiger partial charge in [-0.05, 0) is 83.5 Å². The first-order chi connectivity index (χ1) is 41.0. The number of esters is 3. The van der Waals surface area contributed by atoms with Gasteiger partial charge in [0.05, 0.1) is 0 Å². The molecule has 0 aliphatic carbocycles. The van der Waals surface area contributed by atoms with Crippen molar-refractivity contribution < 1.29 is 28.6 Å². The summed E-state index contributed by atoms with van der Waals surface area (Å²) in [4.78, 5) is 38.5. The van der Waals surface area contributed by atoms with Crippen molar-refractivity contribution in [1.29, 1.82) is 0 Å². The van der Waals surface area contributed by atoms with Crippen molar-refractivity contribution in [2.24, 2.45) is 0 Å². The molecular formula is C77H142O6. The van der Waals surface area contributed by atoms with Crippen LogP contribution in [0.15, 0.2) is 48.6 Å². The van der Waals surface area contributed by atoms with E-state index in [-0.39, 0.29) is 31.1 Å². The Labute approximate surface area is 518 Å². The van der Waals surface area contributed by atoms with E-state index in [1.807, 2.05) is 0 Å². The molecule has 0 amide bonds. The summed E-state index contributed by atoms with van der Waals surface area (Å²) in [5.41, 5.74) is 0. The SMILES string of the molecule is CCCCC/C=C\C/C=C\C/C=C\CCCCCCCCC(=O)OC(COC(=O)CCCCCCCCCCC/C=C\CCCCCCCC)COC(=O)CCCCCCCCCCCCCCCCCCCCCCCCCCCCC. The van der Waals surface area contributed by atoms with E-state index in [4.69, 9.17) is 14.2 Å². The van der Waals surface area contributed by atoms with Gasteiger partial charge in [0.1, 0.15) is 13.2 Å². The first-order valence-electron chi connectivity index (χ1n) is 37.1. The van der Waals surface area contributed by atoms with Crippen LogP contribution in [0.1, 0.15) is 406 Å². The number of ether oxygens (including phenoxy) is 3. The highest BCUT2D eigenvalue weighted by molar-refractivity contribution is 5.71. The summed E-state index contributed by atoms with van der Waals surface area (Å²) in [5, 5.41) is 0. The molecule has 0 rings (SSSR count). The van der Waals surface area contributed by atoms with Crippen molar-refractivity contribution in [1.82, 2.24) is 0 Å². The van der Waals surface area contributed by atoms with Gasteiger partial charge in [0.25, 0.3) is 0 Å². The third-order valence-electron chi connectivity index (χ3n) is 16.8. The quantitative estimate of drug-likeness (QED) is 0.0261. The Bertz CT molecular complexity index is 1430. The largest absolute Gasteiger partial charge is 0.462 e. The van der Waals surface area contributed by atoms with Crippen LogP contribution in [0.2, 0.25) is 0 Å². The number of hydrogen-bond donors (Lipinski definition) is 0. The highest BCUT2D eigenvalue weighted by Crippen LogP contribution is 2.19. The zero-order valence-electron chi connectivity index (χ0n) is 56.0. The van der Waals surface area contributed by atoms with Crippen molar-refractivity contribution in [3.05, 3.63) is 48.6 Å². The molecule has 1 unspecified atom stereocenters. The summed E-state index contributed by atoms with van der Waals surface area (Å²) in [6.07, 6.45) is 91.5. The molecule has 0 aliphatic rings. The number of carbonyl (C=O) groups is 3. The van der Waals surface area contributed by atoms with Crippen molar-refractivity contribution in [2.75, 3.05) is 13.2 Å². The van der Waals surface area contributed by atoms with Gasteiger partial charge in [-0.3, -0.25) is 14.4 Å². The molecule has 0 saturated carbocycles. The van der Waals surface area contributed by atoms with Crippen LogP contribution in [0.5, 0.6) is 0 Å². The highest BCUT2D eigenvalue weighted by Gasteiger charge is 2.19. The average Bonchev–Trinajstić information content (AvgIpc) is 3.50. The fourth-order valence-electron chi connectivity index (χ4n) is 11.2. The Kier molecular flexibility index (Phi) is 69.6. The van der Waals surface area contributed by atoms with Crippen molar-refractivity contribution in [2.45, 2.75) is 412 Å². The number of carbonyl (C=O) groups excluding carboxylic acids is 3. The minimum absolute atomic E-state index is 0.0748. The van der Waals surface area contributed by atoms with Gasteiger partial charge < -0.3 is 14.2 Å². The Morgan fingerprint density at radius 1 is 0.241 bits per heavy atom. The van der Waals surface area contributed by atoms with Crippen molar-refractivity contribution in [3.8, 4) is 0 Å². The van der Waals surface area contributed by atoms with E-state index in [0.717, 1.165) is 77.0 Å². The van der Waals surface area contributed by atoms with Gasteiger partial charge in [-0.1, -0.05) is 352 Å². The molecule has 6 nitrogen and oxygen atoms in total. The topological polar surface area (TPSA) is 78.9 Å². The fourth-order valence-corrected chi connectivity index (χ4v) is 11.2. The first-order valence-corrected chi connectivity index (χ1v) is 37.1. The summed E-state index contributed by atoms with van der Waals surface area (Å²) in [6, 6.07) is 0. The van der Waals surface area contributed by atoms with E-state index in [9.17, 15) is 14.4 Å². The highest BCUT2D eigenvalue weighted by atomic mass is 16.6. The van der Waals surface area contributed by atoms with Gasteiger partial charge in [-0.25, -0.2) is 0 Å². The van der Waals surface area contributed by atoms with Gasteiger partial charge in [0, 0.05) is 19.3 Å².